The van der Waals surface area contributed by atoms with Crippen LogP contribution in [-0.2, 0) is 14.3 Å². The van der Waals surface area contributed by atoms with Crippen molar-refractivity contribution in [1.82, 2.24) is 15.8 Å². The van der Waals surface area contributed by atoms with E-state index in [1.807, 2.05) is 36.4 Å². The highest BCUT2D eigenvalue weighted by Gasteiger charge is 2.29. The number of amides is 2. The number of nitrogens with one attached hydrogen (secondary N) is 2. The van der Waals surface area contributed by atoms with E-state index in [0.717, 1.165) is 22.3 Å². The minimum absolute atomic E-state index is 0.0833. The van der Waals surface area contributed by atoms with E-state index in [9.17, 15) is 19.5 Å². The largest absolute Gasteiger partial charge is 0.480 e. The molecule has 0 heterocycles. The quantitative estimate of drug-likeness (QED) is 0.344. The van der Waals surface area contributed by atoms with Gasteiger partial charge in [0.05, 0.1) is 0 Å². The van der Waals surface area contributed by atoms with Crippen molar-refractivity contribution in [2.45, 2.75) is 45.1 Å². The van der Waals surface area contributed by atoms with E-state index in [0.29, 0.717) is 19.4 Å². The average Bonchev–Trinajstić information content (AvgIpc) is 3.09. The Morgan fingerprint density at radius 2 is 1.54 bits per heavy atom. The Morgan fingerprint density at radius 1 is 0.943 bits per heavy atom. The number of carboxylic acids is 1. The first-order chi connectivity index (χ1) is 16.6. The summed E-state index contributed by atoms with van der Waals surface area (Å²) in [5.41, 5.74) is 6.41. The van der Waals surface area contributed by atoms with E-state index in [-0.39, 0.29) is 25.6 Å². The Bertz CT molecular complexity index is 1000. The summed E-state index contributed by atoms with van der Waals surface area (Å²) in [7, 11) is 0. The molecule has 0 radical (unpaired) electrons. The summed E-state index contributed by atoms with van der Waals surface area (Å²) in [6.07, 6.45) is -0.0780. The minimum Gasteiger partial charge on any atom is -0.480 e. The maximum Gasteiger partial charge on any atom is 0.421 e. The number of carbonyl (C=O) groups excluding carboxylic acids is 2. The zero-order valence-corrected chi connectivity index (χ0v) is 20.4. The van der Waals surface area contributed by atoms with Crippen LogP contribution in [0, 0.1) is 0 Å². The van der Waals surface area contributed by atoms with Crippen LogP contribution in [-0.4, -0.2) is 60.1 Å². The molecule has 0 saturated carbocycles. The van der Waals surface area contributed by atoms with Crippen molar-refractivity contribution >= 4 is 18.2 Å². The third-order valence-electron chi connectivity index (χ3n) is 5.44. The lowest BCUT2D eigenvalue weighted by atomic mass is 9.98. The Labute approximate surface area is 205 Å². The van der Waals surface area contributed by atoms with Crippen molar-refractivity contribution in [1.29, 1.82) is 0 Å². The number of aliphatic carboxylic acids is 1. The van der Waals surface area contributed by atoms with Gasteiger partial charge < -0.3 is 19.9 Å². The third-order valence-corrected chi connectivity index (χ3v) is 5.44. The summed E-state index contributed by atoms with van der Waals surface area (Å²) in [5, 5.41) is 13.1. The standard InChI is InChI=1S/C26H33N3O6/c1-26(2,3)35-24(32)27-14-8-9-15-29(16-23(30)31)28-25(33)34-17-22-20-12-6-4-10-18(20)19-11-5-7-13-21(19)22/h4-7,10-13,22H,8-9,14-17H2,1-3H3,(H,27,32)(H,28,33)(H,30,31). The molecule has 0 fully saturated rings. The number of unbranched alkanes of at least 4 members (excludes halogenated alkanes) is 1. The SMILES string of the molecule is CC(C)(C)OC(=O)NCCCCN(CC(=O)O)NC(=O)OCC1c2ccccc2-c2ccccc21. The second-order valence-corrected chi connectivity index (χ2v) is 9.39. The third kappa shape index (κ3) is 7.71. The van der Waals surface area contributed by atoms with Gasteiger partial charge in [-0.2, -0.15) is 0 Å². The molecule has 9 heteroatoms. The van der Waals surface area contributed by atoms with E-state index < -0.39 is 23.8 Å². The lowest BCUT2D eigenvalue weighted by molar-refractivity contribution is -0.138. The number of rotatable bonds is 10. The van der Waals surface area contributed by atoms with Crippen LogP contribution in [0.2, 0.25) is 0 Å². The zero-order valence-electron chi connectivity index (χ0n) is 20.4. The molecular formula is C26H33N3O6. The van der Waals surface area contributed by atoms with Crippen LogP contribution in [0.5, 0.6) is 0 Å². The molecule has 0 aliphatic heterocycles. The van der Waals surface area contributed by atoms with Gasteiger partial charge >= 0.3 is 18.2 Å². The Kier molecular flexibility index (Phi) is 8.70. The number of alkyl carbamates (subject to hydrolysis) is 1. The van der Waals surface area contributed by atoms with Crippen LogP contribution in [0.4, 0.5) is 9.59 Å². The Morgan fingerprint density at radius 3 is 2.11 bits per heavy atom. The topological polar surface area (TPSA) is 117 Å². The molecule has 3 N–H and O–H groups in total. The number of fused-ring (bicyclic) bond motifs is 3. The zero-order chi connectivity index (χ0) is 25.4. The van der Waals surface area contributed by atoms with Gasteiger partial charge in [-0.1, -0.05) is 48.5 Å². The lowest BCUT2D eigenvalue weighted by Crippen LogP contribution is -2.46. The Balaban J connectivity index is 1.47. The van der Waals surface area contributed by atoms with Crippen molar-refractivity contribution in [2.75, 3.05) is 26.2 Å². The van der Waals surface area contributed by atoms with Gasteiger partial charge in [-0.05, 0) is 55.9 Å². The fourth-order valence-electron chi connectivity index (χ4n) is 4.03. The maximum atomic E-state index is 12.5. The molecule has 0 spiro atoms. The summed E-state index contributed by atoms with van der Waals surface area (Å²) in [4.78, 5) is 35.4. The van der Waals surface area contributed by atoms with Crippen molar-refractivity contribution < 1.29 is 29.0 Å². The van der Waals surface area contributed by atoms with Gasteiger partial charge in [-0.25, -0.2) is 14.6 Å². The number of hydrogen-bond donors (Lipinski definition) is 3. The number of nitrogens with zero attached hydrogens (tertiary/aromatic N) is 1. The van der Waals surface area contributed by atoms with Crippen LogP contribution >= 0.6 is 0 Å². The summed E-state index contributed by atoms with van der Waals surface area (Å²) < 4.78 is 10.7. The number of hydrogen-bond acceptors (Lipinski definition) is 6. The lowest BCUT2D eigenvalue weighted by Gasteiger charge is -2.22. The van der Waals surface area contributed by atoms with Crippen LogP contribution in [0.1, 0.15) is 50.7 Å². The fraction of sp³-hybridized carbons (Fsp3) is 0.423. The molecule has 9 nitrogen and oxygen atoms in total. The minimum atomic E-state index is -1.07. The van der Waals surface area contributed by atoms with Gasteiger partial charge in [0.1, 0.15) is 18.8 Å². The second kappa shape index (κ2) is 11.7. The number of hydrazine groups is 1. The van der Waals surface area contributed by atoms with Crippen molar-refractivity contribution in [3.8, 4) is 11.1 Å². The van der Waals surface area contributed by atoms with E-state index in [2.05, 4.69) is 22.9 Å². The van der Waals surface area contributed by atoms with Crippen LogP contribution in [0.15, 0.2) is 48.5 Å². The first kappa shape index (κ1) is 26.0. The molecule has 0 unspecified atom stereocenters. The van der Waals surface area contributed by atoms with Crippen LogP contribution in [0.3, 0.4) is 0 Å². The summed E-state index contributed by atoms with van der Waals surface area (Å²) >= 11 is 0. The van der Waals surface area contributed by atoms with E-state index in [1.165, 1.54) is 5.01 Å². The fourth-order valence-corrected chi connectivity index (χ4v) is 4.03. The molecule has 1 aliphatic rings. The number of carbonyl (C=O) groups is 3. The predicted octanol–water partition coefficient (Wildman–Crippen LogP) is 4.13. The first-order valence-corrected chi connectivity index (χ1v) is 11.7. The van der Waals surface area contributed by atoms with Crippen molar-refractivity contribution in [3.05, 3.63) is 59.7 Å². The molecule has 0 bridgehead atoms. The summed E-state index contributed by atoms with van der Waals surface area (Å²) in [5.74, 6) is -1.16. The molecule has 0 atom stereocenters. The monoisotopic (exact) mass is 483 g/mol. The Hall–Kier alpha value is -3.59. The molecule has 188 valence electrons. The van der Waals surface area contributed by atoms with Gasteiger partial charge in [0.15, 0.2) is 0 Å². The molecular weight excluding hydrogens is 450 g/mol. The average molecular weight is 484 g/mol. The van der Waals surface area contributed by atoms with Gasteiger partial charge in [0, 0.05) is 19.0 Å². The van der Waals surface area contributed by atoms with Gasteiger partial charge in [0.25, 0.3) is 0 Å². The summed E-state index contributed by atoms with van der Waals surface area (Å²) in [6.45, 7) is 5.78. The molecule has 0 saturated heterocycles. The van der Waals surface area contributed by atoms with Crippen LogP contribution < -0.4 is 10.7 Å². The highest BCUT2D eigenvalue weighted by Crippen LogP contribution is 2.44. The maximum absolute atomic E-state index is 12.5. The molecule has 1 aliphatic carbocycles. The molecule has 2 amide bonds. The van der Waals surface area contributed by atoms with Gasteiger partial charge in [-0.3, -0.25) is 10.2 Å². The number of benzene rings is 2. The van der Waals surface area contributed by atoms with Crippen molar-refractivity contribution in [3.63, 3.8) is 0 Å². The van der Waals surface area contributed by atoms with E-state index in [4.69, 9.17) is 9.47 Å². The normalized spacial score (nSPS) is 12.6. The van der Waals surface area contributed by atoms with E-state index >= 15 is 0 Å². The number of ether oxygens (including phenoxy) is 2. The molecule has 3 rings (SSSR count). The molecule has 35 heavy (non-hydrogen) atoms. The molecule has 0 aromatic heterocycles. The highest BCUT2D eigenvalue weighted by atomic mass is 16.6. The number of carboxylic acid groups (broad SMARTS) is 1. The smallest absolute Gasteiger partial charge is 0.421 e. The van der Waals surface area contributed by atoms with E-state index in [1.54, 1.807) is 20.8 Å². The van der Waals surface area contributed by atoms with Gasteiger partial charge in [0.2, 0.25) is 0 Å². The molecule has 2 aromatic rings. The predicted molar refractivity (Wildman–Crippen MR) is 131 cm³/mol. The van der Waals surface area contributed by atoms with Crippen molar-refractivity contribution in [2.24, 2.45) is 0 Å². The highest BCUT2D eigenvalue weighted by molar-refractivity contribution is 5.79. The molecule has 2 aromatic carbocycles. The van der Waals surface area contributed by atoms with Crippen LogP contribution in [0.25, 0.3) is 11.1 Å². The summed E-state index contributed by atoms with van der Waals surface area (Å²) in [6, 6.07) is 16.1. The van der Waals surface area contributed by atoms with Gasteiger partial charge in [-0.15, -0.1) is 0 Å². The second-order valence-electron chi connectivity index (χ2n) is 9.39. The first-order valence-electron chi connectivity index (χ1n) is 11.7.